The van der Waals surface area contributed by atoms with Crippen LogP contribution in [-0.2, 0) is 0 Å². The lowest BCUT2D eigenvalue weighted by Gasteiger charge is -2.28. The van der Waals surface area contributed by atoms with Crippen molar-refractivity contribution in [3.8, 4) is 22.6 Å². The minimum absolute atomic E-state index is 0.0571. The molecule has 1 fully saturated rings. The summed E-state index contributed by atoms with van der Waals surface area (Å²) < 4.78 is 27.0. The molecule has 0 heterocycles. The smallest absolute Gasteiger partial charge is 0.336 e. The number of benzene rings is 2. The van der Waals surface area contributed by atoms with Gasteiger partial charge in [-0.05, 0) is 60.9 Å². The van der Waals surface area contributed by atoms with Gasteiger partial charge in [0.15, 0.2) is 11.6 Å². The van der Waals surface area contributed by atoms with Crippen LogP contribution in [0.4, 0.5) is 4.39 Å². The Balaban J connectivity index is 1.44. The second-order valence-electron chi connectivity index (χ2n) is 11.6. The normalized spacial score (nSPS) is 17.1. The fourth-order valence-corrected chi connectivity index (χ4v) is 5.97. The van der Waals surface area contributed by atoms with Gasteiger partial charge in [0.25, 0.3) is 0 Å². The summed E-state index contributed by atoms with van der Waals surface area (Å²) in [5.74, 6) is 0.784. The minimum Gasteiger partial charge on any atom is -0.494 e. The van der Waals surface area contributed by atoms with E-state index < -0.39 is 11.8 Å². The summed E-state index contributed by atoms with van der Waals surface area (Å²) in [5.41, 5.74) is 0.484. The molecule has 0 aromatic heterocycles. The second kappa shape index (κ2) is 18.0. The van der Waals surface area contributed by atoms with E-state index in [1.54, 1.807) is 24.3 Å². The summed E-state index contributed by atoms with van der Waals surface area (Å²) in [6.45, 7) is 5.48. The molecule has 0 unspecified atom stereocenters. The first-order valence-electron chi connectivity index (χ1n) is 15.9. The monoisotopic (exact) mass is 554 g/mol. The molecule has 3 rings (SSSR count). The Bertz CT molecular complexity index is 995. The molecule has 5 heteroatoms. The van der Waals surface area contributed by atoms with Crippen LogP contribution >= 0.6 is 0 Å². The van der Waals surface area contributed by atoms with Gasteiger partial charge in [0, 0.05) is 5.56 Å². The first kappa shape index (κ1) is 32.0. The molecule has 2 aromatic carbocycles. The molecule has 1 aliphatic carbocycles. The van der Waals surface area contributed by atoms with Crippen molar-refractivity contribution in [1.29, 1.82) is 0 Å². The van der Waals surface area contributed by atoms with Crippen molar-refractivity contribution in [2.45, 2.75) is 117 Å². The number of carbonyl (C=O) groups is 1. The van der Waals surface area contributed by atoms with Crippen LogP contribution in [0.5, 0.6) is 11.5 Å². The lowest BCUT2D eigenvalue weighted by atomic mass is 9.78. The van der Waals surface area contributed by atoms with Crippen LogP contribution in [0.15, 0.2) is 36.4 Å². The third-order valence-electron chi connectivity index (χ3n) is 8.44. The van der Waals surface area contributed by atoms with Crippen molar-refractivity contribution >= 4 is 5.97 Å². The predicted octanol–water partition coefficient (Wildman–Crippen LogP) is 10.5. The average molecular weight is 555 g/mol. The molecule has 0 bridgehead atoms. The molecule has 0 radical (unpaired) electrons. The Morgan fingerprint density at radius 3 is 1.95 bits per heavy atom. The van der Waals surface area contributed by atoms with Crippen LogP contribution in [0.2, 0.25) is 0 Å². The van der Waals surface area contributed by atoms with Gasteiger partial charge in [-0.2, -0.15) is 0 Å². The van der Waals surface area contributed by atoms with E-state index in [0.29, 0.717) is 18.8 Å². The molecule has 0 saturated heterocycles. The Morgan fingerprint density at radius 1 is 0.750 bits per heavy atom. The summed E-state index contributed by atoms with van der Waals surface area (Å²) in [4.78, 5) is 11.8. The summed E-state index contributed by atoms with van der Waals surface area (Å²) in [6, 6.07) is 9.90. The van der Waals surface area contributed by atoms with Crippen LogP contribution in [0.3, 0.4) is 0 Å². The summed E-state index contributed by atoms with van der Waals surface area (Å²) in [5, 5.41) is 9.67. The summed E-state index contributed by atoms with van der Waals surface area (Å²) in [7, 11) is 0. The lowest BCUT2D eigenvalue weighted by molar-refractivity contribution is 0.0697. The number of aromatic carboxylic acids is 1. The van der Waals surface area contributed by atoms with E-state index in [1.165, 1.54) is 82.8 Å². The van der Waals surface area contributed by atoms with Crippen molar-refractivity contribution in [2.75, 3.05) is 13.2 Å². The van der Waals surface area contributed by atoms with Gasteiger partial charge in [-0.1, -0.05) is 109 Å². The number of rotatable bonds is 19. The van der Waals surface area contributed by atoms with Gasteiger partial charge in [0.05, 0.1) is 18.8 Å². The number of unbranched alkanes of at least 4 members (excludes halogenated alkanes) is 7. The fourth-order valence-electron chi connectivity index (χ4n) is 5.97. The Kier molecular flexibility index (Phi) is 14.4. The first-order valence-corrected chi connectivity index (χ1v) is 15.9. The molecule has 222 valence electrons. The maximum absolute atomic E-state index is 15.4. The van der Waals surface area contributed by atoms with Crippen molar-refractivity contribution in [3.63, 3.8) is 0 Å². The molecular weight excluding hydrogens is 503 g/mol. The van der Waals surface area contributed by atoms with E-state index in [9.17, 15) is 9.90 Å². The van der Waals surface area contributed by atoms with Crippen molar-refractivity contribution in [3.05, 3.63) is 47.8 Å². The SMILES string of the molecule is CCCCCCCC1CCC(CCCOc2ccc(-c3c(C(=O)O)ccc(OCCCCCC)c3F)cc2)CC1. The van der Waals surface area contributed by atoms with Gasteiger partial charge in [-0.15, -0.1) is 0 Å². The second-order valence-corrected chi connectivity index (χ2v) is 11.6. The van der Waals surface area contributed by atoms with E-state index >= 15 is 4.39 Å². The zero-order valence-electron chi connectivity index (χ0n) is 24.9. The van der Waals surface area contributed by atoms with Gasteiger partial charge in [0.1, 0.15) is 5.75 Å². The number of halogens is 1. The van der Waals surface area contributed by atoms with Crippen LogP contribution in [0, 0.1) is 17.7 Å². The topological polar surface area (TPSA) is 55.8 Å². The minimum atomic E-state index is -1.16. The summed E-state index contributed by atoms with van der Waals surface area (Å²) >= 11 is 0. The summed E-state index contributed by atoms with van der Waals surface area (Å²) in [6.07, 6.45) is 20.2. The predicted molar refractivity (Wildman–Crippen MR) is 162 cm³/mol. The molecule has 0 amide bonds. The first-order chi connectivity index (χ1) is 19.5. The molecule has 40 heavy (non-hydrogen) atoms. The highest BCUT2D eigenvalue weighted by Gasteiger charge is 2.22. The van der Waals surface area contributed by atoms with Crippen LogP contribution in [0.1, 0.15) is 127 Å². The zero-order chi connectivity index (χ0) is 28.6. The highest BCUT2D eigenvalue weighted by atomic mass is 19.1. The number of carboxylic acids is 1. The molecule has 2 aromatic rings. The van der Waals surface area contributed by atoms with E-state index in [4.69, 9.17) is 9.47 Å². The van der Waals surface area contributed by atoms with Gasteiger partial charge >= 0.3 is 5.97 Å². The molecule has 1 N–H and O–H groups in total. The van der Waals surface area contributed by atoms with Crippen molar-refractivity contribution in [2.24, 2.45) is 11.8 Å². The lowest BCUT2D eigenvalue weighted by Crippen LogP contribution is -2.15. The maximum atomic E-state index is 15.4. The number of hydrogen-bond acceptors (Lipinski definition) is 3. The third kappa shape index (κ3) is 10.4. The molecule has 1 aliphatic rings. The molecule has 0 spiro atoms. The van der Waals surface area contributed by atoms with Gasteiger partial charge in [0.2, 0.25) is 0 Å². The number of hydrogen-bond donors (Lipinski definition) is 1. The molecule has 1 saturated carbocycles. The van der Waals surface area contributed by atoms with E-state index in [2.05, 4.69) is 13.8 Å². The standard InChI is InChI=1S/C35H51FO4/c1-3-5-7-9-10-13-27-15-17-28(18-16-27)14-12-26-39-30-21-19-29(20-22-30)33-31(35(37)38)23-24-32(34(33)36)40-25-11-8-6-4-2/h19-24,27-28H,3-18,25-26H2,1-2H3,(H,37,38). The van der Waals surface area contributed by atoms with Crippen molar-refractivity contribution < 1.29 is 23.8 Å². The Hall–Kier alpha value is -2.56. The van der Waals surface area contributed by atoms with Crippen LogP contribution < -0.4 is 9.47 Å². The van der Waals surface area contributed by atoms with Crippen LogP contribution in [0.25, 0.3) is 11.1 Å². The Labute approximate surface area is 241 Å². The fraction of sp³-hybridized carbons (Fsp3) is 0.629. The van der Waals surface area contributed by atoms with Crippen LogP contribution in [-0.4, -0.2) is 24.3 Å². The largest absolute Gasteiger partial charge is 0.494 e. The highest BCUT2D eigenvalue weighted by Crippen LogP contribution is 2.35. The van der Waals surface area contributed by atoms with E-state index in [-0.39, 0.29) is 16.9 Å². The Morgan fingerprint density at radius 2 is 1.32 bits per heavy atom. The average Bonchev–Trinajstić information content (AvgIpc) is 2.96. The molecular formula is C35H51FO4. The number of ether oxygens (including phenoxy) is 2. The molecule has 0 aliphatic heterocycles. The highest BCUT2D eigenvalue weighted by molar-refractivity contribution is 5.96. The molecule has 0 atom stereocenters. The van der Waals surface area contributed by atoms with Gasteiger partial charge in [-0.25, -0.2) is 9.18 Å². The van der Waals surface area contributed by atoms with E-state index in [1.807, 2.05) is 0 Å². The van der Waals surface area contributed by atoms with E-state index in [0.717, 1.165) is 49.7 Å². The van der Waals surface area contributed by atoms with Crippen molar-refractivity contribution in [1.82, 2.24) is 0 Å². The third-order valence-corrected chi connectivity index (χ3v) is 8.44. The van der Waals surface area contributed by atoms with Gasteiger partial charge in [-0.3, -0.25) is 0 Å². The van der Waals surface area contributed by atoms with Gasteiger partial charge < -0.3 is 14.6 Å². The molecule has 4 nitrogen and oxygen atoms in total. The quantitative estimate of drug-likeness (QED) is 0.175. The number of carboxylic acid groups (broad SMARTS) is 1. The maximum Gasteiger partial charge on any atom is 0.336 e. The zero-order valence-corrected chi connectivity index (χ0v) is 24.9.